The molecule has 0 radical (unpaired) electrons. The molecule has 2 aromatic rings. The second kappa shape index (κ2) is 3.95. The Balaban J connectivity index is 1.74. The molecule has 1 fully saturated rings. The quantitative estimate of drug-likeness (QED) is 0.860. The number of nitrogens with zero attached hydrogens (tertiary/aromatic N) is 1. The van der Waals surface area contributed by atoms with Crippen LogP contribution in [-0.4, -0.2) is 22.1 Å². The minimum Gasteiger partial charge on any atom is -0.348 e. The number of amides is 1. The SMILES string of the molecule is O=C(NC1CC1)c1[nH]nc2c1CCc1ccccc1-2. The fraction of sp³-hybridized carbons (Fsp3) is 0.333. The van der Waals surface area contributed by atoms with Gasteiger partial charge in [-0.1, -0.05) is 24.3 Å². The molecule has 1 aromatic carbocycles. The number of H-pyrrole nitrogens is 1. The molecule has 0 bridgehead atoms. The summed E-state index contributed by atoms with van der Waals surface area (Å²) in [6, 6.07) is 8.67. The zero-order valence-corrected chi connectivity index (χ0v) is 10.6. The van der Waals surface area contributed by atoms with Crippen LogP contribution < -0.4 is 5.32 Å². The van der Waals surface area contributed by atoms with Crippen molar-refractivity contribution in [2.24, 2.45) is 0 Å². The predicted molar refractivity (Wildman–Crippen MR) is 71.9 cm³/mol. The average molecular weight is 253 g/mol. The highest BCUT2D eigenvalue weighted by atomic mass is 16.2. The van der Waals surface area contributed by atoms with E-state index in [0.717, 1.165) is 42.5 Å². The number of aromatic amines is 1. The highest BCUT2D eigenvalue weighted by Gasteiger charge is 2.28. The molecule has 2 N–H and O–H groups in total. The van der Waals surface area contributed by atoms with Crippen LogP contribution >= 0.6 is 0 Å². The van der Waals surface area contributed by atoms with E-state index in [-0.39, 0.29) is 5.91 Å². The van der Waals surface area contributed by atoms with E-state index >= 15 is 0 Å². The van der Waals surface area contributed by atoms with Crippen molar-refractivity contribution in [3.8, 4) is 11.3 Å². The molecule has 0 atom stereocenters. The van der Waals surface area contributed by atoms with Crippen LogP contribution in [0.15, 0.2) is 24.3 Å². The van der Waals surface area contributed by atoms with Crippen LogP contribution in [0, 0.1) is 0 Å². The van der Waals surface area contributed by atoms with Gasteiger partial charge in [-0.05, 0) is 31.2 Å². The van der Waals surface area contributed by atoms with Gasteiger partial charge in [0.15, 0.2) is 0 Å². The Kier molecular flexibility index (Phi) is 2.24. The number of benzene rings is 1. The fourth-order valence-electron chi connectivity index (χ4n) is 2.73. The molecule has 1 amide bonds. The van der Waals surface area contributed by atoms with Crippen LogP contribution in [0.3, 0.4) is 0 Å². The van der Waals surface area contributed by atoms with Crippen LogP contribution in [0.4, 0.5) is 0 Å². The van der Waals surface area contributed by atoms with Crippen molar-refractivity contribution in [3.05, 3.63) is 41.1 Å². The first kappa shape index (κ1) is 10.8. The Morgan fingerprint density at radius 1 is 1.26 bits per heavy atom. The lowest BCUT2D eigenvalue weighted by Gasteiger charge is -2.15. The monoisotopic (exact) mass is 253 g/mol. The smallest absolute Gasteiger partial charge is 0.269 e. The summed E-state index contributed by atoms with van der Waals surface area (Å²) in [4.78, 5) is 12.2. The molecule has 0 saturated heterocycles. The molecular weight excluding hydrogens is 238 g/mol. The minimum absolute atomic E-state index is 0.00405. The van der Waals surface area contributed by atoms with E-state index in [1.54, 1.807) is 0 Å². The molecule has 1 saturated carbocycles. The van der Waals surface area contributed by atoms with Crippen molar-refractivity contribution in [2.45, 2.75) is 31.7 Å². The van der Waals surface area contributed by atoms with Gasteiger partial charge in [-0.2, -0.15) is 5.10 Å². The Morgan fingerprint density at radius 3 is 2.95 bits per heavy atom. The summed E-state index contributed by atoms with van der Waals surface area (Å²) in [5.41, 5.74) is 5.14. The maximum absolute atomic E-state index is 12.2. The molecule has 2 aliphatic carbocycles. The first-order valence-electron chi connectivity index (χ1n) is 6.79. The van der Waals surface area contributed by atoms with Gasteiger partial charge in [0.2, 0.25) is 0 Å². The number of hydrogen-bond donors (Lipinski definition) is 2. The summed E-state index contributed by atoms with van der Waals surface area (Å²) in [5, 5.41) is 10.3. The maximum atomic E-state index is 12.2. The second-order valence-electron chi connectivity index (χ2n) is 5.33. The van der Waals surface area contributed by atoms with Crippen molar-refractivity contribution in [1.29, 1.82) is 0 Å². The molecule has 96 valence electrons. The predicted octanol–water partition coefficient (Wildman–Crippen LogP) is 2.07. The van der Waals surface area contributed by atoms with E-state index in [1.165, 1.54) is 5.56 Å². The van der Waals surface area contributed by atoms with Crippen LogP contribution in [0.5, 0.6) is 0 Å². The second-order valence-corrected chi connectivity index (χ2v) is 5.33. The van der Waals surface area contributed by atoms with Gasteiger partial charge in [-0.25, -0.2) is 0 Å². The third kappa shape index (κ3) is 1.75. The number of carbonyl (C=O) groups is 1. The number of fused-ring (bicyclic) bond motifs is 3. The molecule has 1 heterocycles. The molecule has 4 nitrogen and oxygen atoms in total. The van der Waals surface area contributed by atoms with Crippen molar-refractivity contribution >= 4 is 5.91 Å². The fourth-order valence-corrected chi connectivity index (χ4v) is 2.73. The summed E-state index contributed by atoms with van der Waals surface area (Å²) in [5.74, 6) is -0.00405. The van der Waals surface area contributed by atoms with E-state index in [9.17, 15) is 4.79 Å². The molecule has 4 heteroatoms. The van der Waals surface area contributed by atoms with E-state index in [1.807, 2.05) is 6.07 Å². The summed E-state index contributed by atoms with van der Waals surface area (Å²) < 4.78 is 0. The van der Waals surface area contributed by atoms with E-state index in [4.69, 9.17) is 0 Å². The van der Waals surface area contributed by atoms with Gasteiger partial charge in [0.1, 0.15) is 5.69 Å². The summed E-state index contributed by atoms with van der Waals surface area (Å²) in [6.45, 7) is 0. The van der Waals surface area contributed by atoms with Gasteiger partial charge < -0.3 is 5.32 Å². The highest BCUT2D eigenvalue weighted by Crippen LogP contribution is 2.33. The molecular formula is C15H15N3O. The molecule has 2 aliphatic rings. The minimum atomic E-state index is -0.00405. The lowest BCUT2D eigenvalue weighted by molar-refractivity contribution is 0.0945. The van der Waals surface area contributed by atoms with Crippen LogP contribution in [0.25, 0.3) is 11.3 Å². The lowest BCUT2D eigenvalue weighted by atomic mass is 9.89. The van der Waals surface area contributed by atoms with E-state index in [2.05, 4.69) is 33.7 Å². The third-order valence-electron chi connectivity index (χ3n) is 3.92. The molecule has 1 aromatic heterocycles. The summed E-state index contributed by atoms with van der Waals surface area (Å²) in [6.07, 6.45) is 4.07. The van der Waals surface area contributed by atoms with E-state index in [0.29, 0.717) is 11.7 Å². The molecule has 4 rings (SSSR count). The van der Waals surface area contributed by atoms with Crippen molar-refractivity contribution in [3.63, 3.8) is 0 Å². The number of hydrogen-bond acceptors (Lipinski definition) is 2. The van der Waals surface area contributed by atoms with E-state index < -0.39 is 0 Å². The van der Waals surface area contributed by atoms with Gasteiger partial charge in [-0.15, -0.1) is 0 Å². The number of nitrogens with one attached hydrogen (secondary N) is 2. The van der Waals surface area contributed by atoms with Gasteiger partial charge >= 0.3 is 0 Å². The zero-order valence-electron chi connectivity index (χ0n) is 10.6. The normalized spacial score (nSPS) is 16.6. The number of aryl methyl sites for hydroxylation is 1. The maximum Gasteiger partial charge on any atom is 0.269 e. The largest absolute Gasteiger partial charge is 0.348 e. The van der Waals surface area contributed by atoms with Gasteiger partial charge in [0, 0.05) is 17.2 Å². The van der Waals surface area contributed by atoms with Gasteiger partial charge in [0.25, 0.3) is 5.91 Å². The van der Waals surface area contributed by atoms with Crippen molar-refractivity contribution < 1.29 is 4.79 Å². The highest BCUT2D eigenvalue weighted by molar-refractivity contribution is 5.96. The standard InChI is InChI=1S/C15H15N3O/c19-15(16-10-6-7-10)14-12-8-5-9-3-1-2-4-11(9)13(12)17-18-14/h1-4,10H,5-8H2,(H,16,19)(H,17,18). The van der Waals surface area contributed by atoms with Crippen LogP contribution in [0.1, 0.15) is 34.5 Å². The first-order chi connectivity index (χ1) is 9.33. The Hall–Kier alpha value is -2.10. The third-order valence-corrected chi connectivity index (χ3v) is 3.92. The number of rotatable bonds is 2. The van der Waals surface area contributed by atoms with Gasteiger partial charge in [0.05, 0.1) is 5.69 Å². The Bertz CT molecular complexity index is 655. The Labute approximate surface area is 111 Å². The molecule has 19 heavy (non-hydrogen) atoms. The van der Waals surface area contributed by atoms with Crippen molar-refractivity contribution in [2.75, 3.05) is 0 Å². The number of carbonyl (C=O) groups excluding carboxylic acids is 1. The number of aromatic nitrogens is 2. The first-order valence-corrected chi connectivity index (χ1v) is 6.79. The van der Waals surface area contributed by atoms with Gasteiger partial charge in [-0.3, -0.25) is 9.89 Å². The topological polar surface area (TPSA) is 57.8 Å². The zero-order chi connectivity index (χ0) is 12.8. The molecule has 0 unspecified atom stereocenters. The molecule has 0 aliphatic heterocycles. The van der Waals surface area contributed by atoms with Crippen LogP contribution in [0.2, 0.25) is 0 Å². The summed E-state index contributed by atoms with van der Waals surface area (Å²) in [7, 11) is 0. The lowest BCUT2D eigenvalue weighted by Crippen LogP contribution is -2.27. The molecule has 0 spiro atoms. The summed E-state index contributed by atoms with van der Waals surface area (Å²) >= 11 is 0. The average Bonchev–Trinajstić information content (AvgIpc) is 3.14. The van der Waals surface area contributed by atoms with Crippen molar-refractivity contribution in [1.82, 2.24) is 15.5 Å². The van der Waals surface area contributed by atoms with Crippen LogP contribution in [-0.2, 0) is 12.8 Å². The Morgan fingerprint density at radius 2 is 2.11 bits per heavy atom.